The van der Waals surface area contributed by atoms with Crippen LogP contribution in [-0.4, -0.2) is 30.6 Å². The Morgan fingerprint density at radius 2 is 2.37 bits per heavy atom. The third-order valence-corrected chi connectivity index (χ3v) is 5.57. The van der Waals surface area contributed by atoms with E-state index in [4.69, 9.17) is 0 Å². The summed E-state index contributed by atoms with van der Waals surface area (Å²) >= 11 is 5.32. The largest absolute Gasteiger partial charge is 0.311 e. The van der Waals surface area contributed by atoms with Crippen LogP contribution >= 0.6 is 27.3 Å². The van der Waals surface area contributed by atoms with Crippen LogP contribution in [0.2, 0.25) is 0 Å². The first-order chi connectivity index (χ1) is 9.29. The van der Waals surface area contributed by atoms with E-state index >= 15 is 0 Å². The van der Waals surface area contributed by atoms with Gasteiger partial charge >= 0.3 is 0 Å². The third-order valence-electron chi connectivity index (χ3n) is 3.87. The number of hydrogen-bond acceptors (Lipinski definition) is 3. The predicted octanol–water partition coefficient (Wildman–Crippen LogP) is 4.25. The van der Waals surface area contributed by atoms with Crippen molar-refractivity contribution in [2.24, 2.45) is 0 Å². The van der Waals surface area contributed by atoms with E-state index in [2.05, 4.69) is 44.5 Å². The van der Waals surface area contributed by atoms with E-state index in [0.29, 0.717) is 0 Å². The Labute approximate surface area is 129 Å². The summed E-state index contributed by atoms with van der Waals surface area (Å²) in [6, 6.07) is 3.05. The van der Waals surface area contributed by atoms with E-state index in [1.807, 2.05) is 11.3 Å². The molecule has 1 N–H and O–H groups in total. The molecule has 1 saturated heterocycles. The van der Waals surface area contributed by atoms with Crippen molar-refractivity contribution in [3.63, 3.8) is 0 Å². The number of likely N-dealkylation sites (tertiary alicyclic amines) is 1. The molecule has 1 aromatic rings. The van der Waals surface area contributed by atoms with Crippen LogP contribution in [-0.2, 0) is 6.54 Å². The van der Waals surface area contributed by atoms with Crippen molar-refractivity contribution in [3.05, 3.63) is 20.8 Å². The molecule has 4 heteroatoms. The Bertz CT molecular complexity index is 365. The molecule has 1 atom stereocenters. The lowest BCUT2D eigenvalue weighted by Crippen LogP contribution is -2.42. The molecule has 1 aliphatic heterocycles. The molecule has 0 saturated carbocycles. The first kappa shape index (κ1) is 15.5. The molecule has 19 heavy (non-hydrogen) atoms. The van der Waals surface area contributed by atoms with Crippen molar-refractivity contribution in [3.8, 4) is 0 Å². The zero-order chi connectivity index (χ0) is 13.5. The molecule has 0 radical (unpaired) electrons. The van der Waals surface area contributed by atoms with Gasteiger partial charge in [-0.1, -0.05) is 19.8 Å². The normalized spacial score (nSPS) is 20.8. The lowest BCUT2D eigenvalue weighted by atomic mass is 9.98. The third kappa shape index (κ3) is 5.18. The van der Waals surface area contributed by atoms with Crippen molar-refractivity contribution < 1.29 is 0 Å². The predicted molar refractivity (Wildman–Crippen MR) is 87.8 cm³/mol. The van der Waals surface area contributed by atoms with Gasteiger partial charge in [-0.2, -0.15) is 0 Å². The number of thiophene rings is 1. The summed E-state index contributed by atoms with van der Waals surface area (Å²) in [6.07, 6.45) is 6.91. The van der Waals surface area contributed by atoms with Gasteiger partial charge in [-0.3, -0.25) is 4.90 Å². The first-order valence-corrected chi connectivity index (χ1v) is 9.14. The Morgan fingerprint density at radius 3 is 3.11 bits per heavy atom. The Kier molecular flexibility index (Phi) is 6.85. The van der Waals surface area contributed by atoms with Crippen molar-refractivity contribution >= 4 is 27.3 Å². The second kappa shape index (κ2) is 8.40. The van der Waals surface area contributed by atoms with E-state index in [1.54, 1.807) is 0 Å². The molecule has 1 unspecified atom stereocenters. The molecule has 1 fully saturated rings. The zero-order valence-corrected chi connectivity index (χ0v) is 14.2. The van der Waals surface area contributed by atoms with Crippen LogP contribution in [0.15, 0.2) is 15.9 Å². The standard InChI is InChI=1S/C15H25BrN2S/c1-2-5-14-6-3-4-8-18(14)9-7-17-11-15-10-13(16)12-19-15/h10,12,14,17H,2-9,11H2,1H3. The Morgan fingerprint density at radius 1 is 1.47 bits per heavy atom. The van der Waals surface area contributed by atoms with E-state index < -0.39 is 0 Å². The maximum Gasteiger partial charge on any atom is 0.0300 e. The van der Waals surface area contributed by atoms with E-state index in [0.717, 1.165) is 19.1 Å². The summed E-state index contributed by atoms with van der Waals surface area (Å²) in [5.74, 6) is 0. The molecule has 0 spiro atoms. The molecule has 0 bridgehead atoms. The van der Waals surface area contributed by atoms with Crippen LogP contribution in [0.4, 0.5) is 0 Å². The fourth-order valence-corrected chi connectivity index (χ4v) is 4.32. The highest BCUT2D eigenvalue weighted by atomic mass is 79.9. The quantitative estimate of drug-likeness (QED) is 0.743. The smallest absolute Gasteiger partial charge is 0.0300 e. The summed E-state index contributed by atoms with van der Waals surface area (Å²) in [7, 11) is 0. The van der Waals surface area contributed by atoms with Crippen molar-refractivity contribution in [2.75, 3.05) is 19.6 Å². The summed E-state index contributed by atoms with van der Waals surface area (Å²) in [4.78, 5) is 4.11. The van der Waals surface area contributed by atoms with Crippen LogP contribution in [0, 0.1) is 0 Å². The molecule has 108 valence electrons. The van der Waals surface area contributed by atoms with Gasteiger partial charge in [0.25, 0.3) is 0 Å². The minimum absolute atomic E-state index is 0.844. The molecule has 1 aliphatic rings. The molecule has 2 rings (SSSR count). The molecule has 1 aromatic heterocycles. The monoisotopic (exact) mass is 344 g/mol. The minimum atomic E-state index is 0.844. The summed E-state index contributed by atoms with van der Waals surface area (Å²) in [5, 5.41) is 5.72. The summed E-state index contributed by atoms with van der Waals surface area (Å²) < 4.78 is 1.20. The molecular formula is C15H25BrN2S. The van der Waals surface area contributed by atoms with Gasteiger partial charge in [0.1, 0.15) is 0 Å². The number of piperidine rings is 1. The maximum atomic E-state index is 3.57. The van der Waals surface area contributed by atoms with Gasteiger partial charge < -0.3 is 5.32 Å². The number of nitrogens with zero attached hydrogens (tertiary/aromatic N) is 1. The van der Waals surface area contributed by atoms with Gasteiger partial charge in [0.05, 0.1) is 0 Å². The second-order valence-corrected chi connectivity index (χ2v) is 7.29. The SMILES string of the molecule is CCCC1CCCCN1CCNCc1cc(Br)cs1. The number of rotatable bonds is 7. The van der Waals surface area contributed by atoms with Gasteiger partial charge in [-0.15, -0.1) is 11.3 Å². The van der Waals surface area contributed by atoms with E-state index in [-0.39, 0.29) is 0 Å². The lowest BCUT2D eigenvalue weighted by molar-refractivity contribution is 0.140. The fraction of sp³-hybridized carbons (Fsp3) is 0.733. The Balaban J connectivity index is 1.66. The van der Waals surface area contributed by atoms with Crippen LogP contribution in [0.5, 0.6) is 0 Å². The molecule has 0 aromatic carbocycles. The van der Waals surface area contributed by atoms with Crippen molar-refractivity contribution in [2.45, 2.75) is 51.6 Å². The molecule has 0 aliphatic carbocycles. The molecule has 2 nitrogen and oxygen atoms in total. The van der Waals surface area contributed by atoms with Gasteiger partial charge in [0.2, 0.25) is 0 Å². The molecule has 0 amide bonds. The maximum absolute atomic E-state index is 3.57. The van der Waals surface area contributed by atoms with Gasteiger partial charge in [-0.05, 0) is 47.8 Å². The van der Waals surface area contributed by atoms with Gasteiger partial charge in [0.15, 0.2) is 0 Å². The summed E-state index contributed by atoms with van der Waals surface area (Å²) in [6.45, 7) is 6.92. The molecular weight excluding hydrogens is 320 g/mol. The van der Waals surface area contributed by atoms with Crippen molar-refractivity contribution in [1.29, 1.82) is 0 Å². The van der Waals surface area contributed by atoms with E-state index in [9.17, 15) is 0 Å². The lowest BCUT2D eigenvalue weighted by Gasteiger charge is -2.35. The van der Waals surface area contributed by atoms with Gasteiger partial charge in [0, 0.05) is 40.4 Å². The second-order valence-electron chi connectivity index (χ2n) is 5.38. The first-order valence-electron chi connectivity index (χ1n) is 7.47. The number of nitrogens with one attached hydrogen (secondary N) is 1. The number of halogens is 1. The van der Waals surface area contributed by atoms with Crippen molar-refractivity contribution in [1.82, 2.24) is 10.2 Å². The zero-order valence-electron chi connectivity index (χ0n) is 11.8. The molecule has 2 heterocycles. The van der Waals surface area contributed by atoms with Crippen LogP contribution in [0.25, 0.3) is 0 Å². The topological polar surface area (TPSA) is 15.3 Å². The number of hydrogen-bond donors (Lipinski definition) is 1. The fourth-order valence-electron chi connectivity index (χ4n) is 2.90. The van der Waals surface area contributed by atoms with E-state index in [1.165, 1.54) is 54.5 Å². The average Bonchev–Trinajstić information content (AvgIpc) is 2.83. The van der Waals surface area contributed by atoms with Crippen LogP contribution in [0.1, 0.15) is 43.9 Å². The van der Waals surface area contributed by atoms with Crippen LogP contribution in [0.3, 0.4) is 0 Å². The Hall–Kier alpha value is 0.1000. The average molecular weight is 345 g/mol. The summed E-state index contributed by atoms with van der Waals surface area (Å²) in [5.41, 5.74) is 0. The van der Waals surface area contributed by atoms with Gasteiger partial charge in [-0.25, -0.2) is 0 Å². The highest BCUT2D eigenvalue weighted by Gasteiger charge is 2.20. The van der Waals surface area contributed by atoms with Crippen LogP contribution < -0.4 is 5.32 Å². The minimum Gasteiger partial charge on any atom is -0.311 e. The highest BCUT2D eigenvalue weighted by molar-refractivity contribution is 9.10. The highest BCUT2D eigenvalue weighted by Crippen LogP contribution is 2.21.